The molecule has 0 aromatic heterocycles. The molecule has 0 N–H and O–H groups in total. The summed E-state index contributed by atoms with van der Waals surface area (Å²) >= 11 is 0. The van der Waals surface area contributed by atoms with Crippen LogP contribution in [0, 0.1) is 17.8 Å². The van der Waals surface area contributed by atoms with Crippen molar-refractivity contribution in [3.8, 4) is 0 Å². The molecule has 5 unspecified atom stereocenters. The zero-order chi connectivity index (χ0) is 12.4. The van der Waals surface area contributed by atoms with Crippen LogP contribution < -0.4 is 0 Å². The molecule has 2 heteroatoms. The number of likely N-dealkylation sites (tertiary alicyclic amines) is 2. The normalized spacial score (nSPS) is 53.7. The molecule has 0 radical (unpaired) electrons. The number of piperidine rings is 2. The van der Waals surface area contributed by atoms with Crippen LogP contribution in [0.4, 0.5) is 0 Å². The van der Waals surface area contributed by atoms with Gasteiger partial charge in [-0.2, -0.15) is 0 Å². The molecule has 0 spiro atoms. The van der Waals surface area contributed by atoms with Crippen molar-refractivity contribution < 1.29 is 0 Å². The summed E-state index contributed by atoms with van der Waals surface area (Å²) in [6.45, 7) is 5.68. The van der Waals surface area contributed by atoms with Gasteiger partial charge in [0.05, 0.1) is 0 Å². The van der Waals surface area contributed by atoms with E-state index in [2.05, 4.69) is 9.80 Å². The average Bonchev–Trinajstić information content (AvgIpc) is 2.88. The Morgan fingerprint density at radius 2 is 1.47 bits per heavy atom. The summed E-state index contributed by atoms with van der Waals surface area (Å²) in [6, 6.07) is 1.01. The number of hydrogen-bond acceptors (Lipinski definition) is 2. The Labute approximate surface area is 117 Å². The summed E-state index contributed by atoms with van der Waals surface area (Å²) in [7, 11) is 0. The minimum Gasteiger partial charge on any atom is -0.300 e. The highest BCUT2D eigenvalue weighted by molar-refractivity contribution is 5.34. The standard InChI is InChI=1S/C17H28N2/c1-3-7-18(8-4-1)16-13-11-14-15(16)17(14,12-13)19-9-5-2-6-10-19/h13-16H,1-12H2. The highest BCUT2D eigenvalue weighted by Gasteiger charge is 2.81. The minimum absolute atomic E-state index is 0.729. The molecular formula is C17H28N2. The van der Waals surface area contributed by atoms with Crippen LogP contribution in [-0.4, -0.2) is 47.6 Å². The number of hydrogen-bond donors (Lipinski definition) is 0. The highest BCUT2D eigenvalue weighted by Crippen LogP contribution is 2.76. The van der Waals surface area contributed by atoms with Gasteiger partial charge in [-0.05, 0) is 82.5 Å². The quantitative estimate of drug-likeness (QED) is 0.753. The van der Waals surface area contributed by atoms with Crippen LogP contribution >= 0.6 is 0 Å². The third kappa shape index (κ3) is 1.40. The molecule has 5 atom stereocenters. The first-order valence-corrected chi connectivity index (χ1v) is 8.90. The van der Waals surface area contributed by atoms with Gasteiger partial charge in [0.15, 0.2) is 0 Å². The van der Waals surface area contributed by atoms with Gasteiger partial charge >= 0.3 is 0 Å². The summed E-state index contributed by atoms with van der Waals surface area (Å²) in [4.78, 5) is 5.87. The molecule has 2 heterocycles. The maximum Gasteiger partial charge on any atom is 0.0291 e. The van der Waals surface area contributed by atoms with Crippen molar-refractivity contribution in [1.82, 2.24) is 9.80 Å². The van der Waals surface area contributed by atoms with Crippen LogP contribution in [-0.2, 0) is 0 Å². The van der Waals surface area contributed by atoms with Gasteiger partial charge in [0.25, 0.3) is 0 Å². The van der Waals surface area contributed by atoms with E-state index in [-0.39, 0.29) is 0 Å². The molecule has 0 amide bonds. The van der Waals surface area contributed by atoms with Gasteiger partial charge in [0.1, 0.15) is 0 Å². The van der Waals surface area contributed by atoms with Crippen molar-refractivity contribution in [3.63, 3.8) is 0 Å². The fourth-order valence-electron chi connectivity index (χ4n) is 6.72. The highest BCUT2D eigenvalue weighted by atomic mass is 15.3. The van der Waals surface area contributed by atoms with Crippen molar-refractivity contribution in [2.75, 3.05) is 26.2 Å². The zero-order valence-corrected chi connectivity index (χ0v) is 12.2. The first-order chi connectivity index (χ1) is 9.41. The lowest BCUT2D eigenvalue weighted by molar-refractivity contribution is 0.118. The Kier molecular flexibility index (Phi) is 2.42. The maximum atomic E-state index is 2.95. The fraction of sp³-hybridized carbons (Fsp3) is 1.00. The molecule has 6 fully saturated rings. The van der Waals surface area contributed by atoms with Gasteiger partial charge < -0.3 is 0 Å². The summed E-state index contributed by atoms with van der Waals surface area (Å²) in [5, 5.41) is 0. The van der Waals surface area contributed by atoms with Gasteiger partial charge in [0, 0.05) is 11.6 Å². The third-order valence-electron chi connectivity index (χ3n) is 7.30. The fourth-order valence-corrected chi connectivity index (χ4v) is 6.72. The molecule has 6 aliphatic rings. The zero-order valence-electron chi connectivity index (χ0n) is 12.2. The van der Waals surface area contributed by atoms with Crippen LogP contribution in [0.3, 0.4) is 0 Å². The van der Waals surface area contributed by atoms with Crippen LogP contribution in [0.5, 0.6) is 0 Å². The second kappa shape index (κ2) is 3.98. The maximum absolute atomic E-state index is 2.95. The molecule has 2 nitrogen and oxygen atoms in total. The lowest BCUT2D eigenvalue weighted by atomic mass is 10.0. The van der Waals surface area contributed by atoms with E-state index in [4.69, 9.17) is 0 Å². The van der Waals surface area contributed by atoms with Crippen molar-refractivity contribution in [2.24, 2.45) is 17.8 Å². The van der Waals surface area contributed by atoms with Crippen molar-refractivity contribution >= 4 is 0 Å². The SMILES string of the molecule is C1CCN(C2C3CC4C2C4(N2CCCCC2)C3)CC1. The smallest absolute Gasteiger partial charge is 0.0291 e. The van der Waals surface area contributed by atoms with Gasteiger partial charge in [-0.15, -0.1) is 0 Å². The Balaban J connectivity index is 1.37. The van der Waals surface area contributed by atoms with Crippen LogP contribution in [0.15, 0.2) is 0 Å². The summed E-state index contributed by atoms with van der Waals surface area (Å²) in [5.41, 5.74) is 0.729. The van der Waals surface area contributed by atoms with Gasteiger partial charge in [-0.1, -0.05) is 12.8 Å². The predicted octanol–water partition coefficient (Wildman–Crippen LogP) is 2.74. The summed E-state index contributed by atoms with van der Waals surface area (Å²) in [6.07, 6.45) is 12.0. The third-order valence-corrected chi connectivity index (χ3v) is 7.30. The lowest BCUT2D eigenvalue weighted by Gasteiger charge is -2.36. The lowest BCUT2D eigenvalue weighted by Crippen LogP contribution is -2.44. The van der Waals surface area contributed by atoms with Gasteiger partial charge in [-0.25, -0.2) is 0 Å². The molecule has 106 valence electrons. The Morgan fingerprint density at radius 1 is 0.789 bits per heavy atom. The Bertz CT molecular complexity index is 369. The largest absolute Gasteiger partial charge is 0.300 e. The molecule has 4 saturated carbocycles. The topological polar surface area (TPSA) is 6.48 Å². The number of rotatable bonds is 2. The molecular weight excluding hydrogens is 232 g/mol. The van der Waals surface area contributed by atoms with Crippen molar-refractivity contribution in [1.29, 1.82) is 0 Å². The monoisotopic (exact) mass is 260 g/mol. The predicted molar refractivity (Wildman–Crippen MR) is 77.1 cm³/mol. The minimum atomic E-state index is 0.729. The first-order valence-electron chi connectivity index (χ1n) is 8.90. The second-order valence-electron chi connectivity index (χ2n) is 7.96. The second-order valence-corrected chi connectivity index (χ2v) is 7.96. The van der Waals surface area contributed by atoms with Crippen LogP contribution in [0.1, 0.15) is 51.4 Å². The first kappa shape index (κ1) is 11.6. The van der Waals surface area contributed by atoms with Gasteiger partial charge in [-0.3, -0.25) is 9.80 Å². The van der Waals surface area contributed by atoms with E-state index in [1.165, 1.54) is 64.7 Å². The van der Waals surface area contributed by atoms with E-state index < -0.39 is 0 Å². The van der Waals surface area contributed by atoms with Gasteiger partial charge in [0.2, 0.25) is 0 Å². The molecule has 19 heavy (non-hydrogen) atoms. The molecule has 0 aromatic carbocycles. The summed E-state index contributed by atoms with van der Waals surface area (Å²) in [5.74, 6) is 3.28. The van der Waals surface area contributed by atoms with E-state index in [9.17, 15) is 0 Å². The Morgan fingerprint density at radius 3 is 2.16 bits per heavy atom. The molecule has 6 rings (SSSR count). The van der Waals surface area contributed by atoms with E-state index in [1.807, 2.05) is 0 Å². The van der Waals surface area contributed by atoms with E-state index in [0.29, 0.717) is 0 Å². The summed E-state index contributed by atoms with van der Waals surface area (Å²) < 4.78 is 0. The van der Waals surface area contributed by atoms with Crippen LogP contribution in [0.2, 0.25) is 0 Å². The average molecular weight is 260 g/mol. The van der Waals surface area contributed by atoms with E-state index in [0.717, 1.165) is 29.3 Å². The van der Waals surface area contributed by atoms with E-state index >= 15 is 0 Å². The molecule has 2 saturated heterocycles. The number of nitrogens with zero attached hydrogens (tertiary/aromatic N) is 2. The van der Waals surface area contributed by atoms with E-state index in [1.54, 1.807) is 12.8 Å². The van der Waals surface area contributed by atoms with Crippen molar-refractivity contribution in [3.05, 3.63) is 0 Å². The van der Waals surface area contributed by atoms with Crippen molar-refractivity contribution in [2.45, 2.75) is 62.9 Å². The molecule has 4 bridgehead atoms. The van der Waals surface area contributed by atoms with Crippen LogP contribution in [0.25, 0.3) is 0 Å². The molecule has 2 aliphatic heterocycles. The molecule has 4 aliphatic carbocycles. The Hall–Kier alpha value is -0.0800. The molecule has 0 aromatic rings.